The van der Waals surface area contributed by atoms with E-state index in [0.29, 0.717) is 44.0 Å². The second kappa shape index (κ2) is 7.85. The first-order valence-electron chi connectivity index (χ1n) is 8.74. The van der Waals surface area contributed by atoms with Gasteiger partial charge in [0.15, 0.2) is 26.1 Å². The lowest BCUT2D eigenvalue weighted by atomic mass is 9.84. The number of carbonyl (C=O) groups is 1. The van der Waals surface area contributed by atoms with Gasteiger partial charge >= 0.3 is 0 Å². The zero-order valence-electron chi connectivity index (χ0n) is 15.8. The Labute approximate surface area is 166 Å². The van der Waals surface area contributed by atoms with Gasteiger partial charge in [-0.25, -0.2) is 8.42 Å². The first-order chi connectivity index (χ1) is 12.2. The van der Waals surface area contributed by atoms with Crippen LogP contribution in [0.15, 0.2) is 18.2 Å². The molecule has 2 aliphatic heterocycles. The number of hydrogen-bond donors (Lipinski definition) is 2. The summed E-state index contributed by atoms with van der Waals surface area (Å²) >= 11 is 0. The molecule has 1 fully saturated rings. The average molecular weight is 419 g/mol. The van der Waals surface area contributed by atoms with Gasteiger partial charge in [-0.05, 0) is 43.6 Å². The van der Waals surface area contributed by atoms with Crippen LogP contribution in [0.1, 0.15) is 32.3 Å². The molecule has 1 saturated heterocycles. The third kappa shape index (κ3) is 4.17. The predicted molar refractivity (Wildman–Crippen MR) is 106 cm³/mol. The molecule has 152 valence electrons. The molecule has 0 spiro atoms. The number of rotatable bonds is 5. The van der Waals surface area contributed by atoms with Crippen LogP contribution >= 0.6 is 12.4 Å². The van der Waals surface area contributed by atoms with Crippen molar-refractivity contribution in [3.63, 3.8) is 0 Å². The van der Waals surface area contributed by atoms with Gasteiger partial charge in [0.05, 0.1) is 0 Å². The van der Waals surface area contributed by atoms with Crippen LogP contribution in [0.3, 0.4) is 0 Å². The second-order valence-electron chi connectivity index (χ2n) is 7.65. The molecule has 9 heteroatoms. The molecular weight excluding hydrogens is 392 g/mol. The van der Waals surface area contributed by atoms with Crippen molar-refractivity contribution in [2.24, 2.45) is 0 Å². The number of amides is 1. The summed E-state index contributed by atoms with van der Waals surface area (Å²) in [7, 11) is -3.52. The molecule has 2 aliphatic rings. The van der Waals surface area contributed by atoms with E-state index in [9.17, 15) is 13.2 Å². The van der Waals surface area contributed by atoms with E-state index < -0.39 is 20.5 Å². The summed E-state index contributed by atoms with van der Waals surface area (Å²) in [5.74, 6) is 0.988. The van der Waals surface area contributed by atoms with Crippen molar-refractivity contribution < 1.29 is 22.7 Å². The maximum atomic E-state index is 12.9. The van der Waals surface area contributed by atoms with Gasteiger partial charge in [-0.3, -0.25) is 4.79 Å². The Hall–Kier alpha value is -1.51. The highest BCUT2D eigenvalue weighted by molar-refractivity contribution is 7.92. The third-order valence-electron chi connectivity index (χ3n) is 5.38. The van der Waals surface area contributed by atoms with E-state index in [1.165, 1.54) is 0 Å². The molecular formula is C18H27ClN2O5S. The van der Waals surface area contributed by atoms with Crippen LogP contribution in [0.25, 0.3) is 0 Å². The molecule has 2 N–H and O–H groups in total. The van der Waals surface area contributed by atoms with Crippen LogP contribution in [-0.2, 0) is 20.0 Å². The van der Waals surface area contributed by atoms with Gasteiger partial charge in [0.25, 0.3) is 0 Å². The van der Waals surface area contributed by atoms with Gasteiger partial charge in [-0.15, -0.1) is 12.4 Å². The monoisotopic (exact) mass is 418 g/mol. The van der Waals surface area contributed by atoms with Gasteiger partial charge in [0.1, 0.15) is 0 Å². The Bertz CT molecular complexity index is 804. The quantitative estimate of drug-likeness (QED) is 0.750. The topological polar surface area (TPSA) is 93.7 Å². The molecule has 7 nitrogen and oxygen atoms in total. The Balaban J connectivity index is 0.00000261. The lowest BCUT2D eigenvalue weighted by molar-refractivity contribution is -0.124. The highest BCUT2D eigenvalue weighted by Gasteiger charge is 2.48. The second-order valence-corrected chi connectivity index (χ2v) is 9.98. The predicted octanol–water partition coefficient (Wildman–Crippen LogP) is 1.40. The number of nitrogens with one attached hydrogen (secondary N) is 2. The Morgan fingerprint density at radius 3 is 2.48 bits per heavy atom. The van der Waals surface area contributed by atoms with E-state index in [0.717, 1.165) is 11.8 Å². The number of piperidine rings is 1. The summed E-state index contributed by atoms with van der Waals surface area (Å²) in [5.41, 5.74) is 0.600. The van der Waals surface area contributed by atoms with Gasteiger partial charge in [-0.1, -0.05) is 19.9 Å². The minimum Gasteiger partial charge on any atom is -0.454 e. The molecule has 0 radical (unpaired) electrons. The Kier molecular flexibility index (Phi) is 6.33. The van der Waals surface area contributed by atoms with Crippen LogP contribution in [-0.4, -0.2) is 51.8 Å². The van der Waals surface area contributed by atoms with Gasteiger partial charge < -0.3 is 20.1 Å². The molecule has 3 rings (SSSR count). The number of benzene rings is 1. The summed E-state index contributed by atoms with van der Waals surface area (Å²) in [6.45, 7) is 5.58. The van der Waals surface area contributed by atoms with Crippen LogP contribution in [0.4, 0.5) is 0 Å². The molecule has 1 aromatic rings. The number of halogens is 1. The van der Waals surface area contributed by atoms with Gasteiger partial charge in [-0.2, -0.15) is 0 Å². The largest absolute Gasteiger partial charge is 0.454 e. The Morgan fingerprint density at radius 1 is 1.22 bits per heavy atom. The van der Waals surface area contributed by atoms with Gasteiger partial charge in [0.2, 0.25) is 12.7 Å². The van der Waals surface area contributed by atoms with Crippen molar-refractivity contribution in [1.82, 2.24) is 10.6 Å². The third-order valence-corrected chi connectivity index (χ3v) is 7.39. The number of fused-ring (bicyclic) bond motifs is 1. The Morgan fingerprint density at radius 2 is 1.85 bits per heavy atom. The first-order valence-corrected chi connectivity index (χ1v) is 10.6. The standard InChI is InChI=1S/C18H26N2O5S.ClH/c1-17(2,13-4-5-14-15(10-13)25-12-24-14)11-20-16(21)18(26(3,22)23)6-8-19-9-7-18;/h4-5,10,19H,6-9,11-12H2,1-3H3,(H,20,21);1H. The van der Waals surface area contributed by atoms with E-state index >= 15 is 0 Å². The fourth-order valence-corrected chi connectivity index (χ4v) is 4.83. The number of ether oxygens (including phenoxy) is 2. The highest BCUT2D eigenvalue weighted by atomic mass is 35.5. The van der Waals surface area contributed by atoms with Crippen molar-refractivity contribution >= 4 is 28.2 Å². The van der Waals surface area contributed by atoms with Crippen molar-refractivity contribution in [2.45, 2.75) is 36.9 Å². The average Bonchev–Trinajstić information content (AvgIpc) is 3.07. The van der Waals surface area contributed by atoms with E-state index in [1.54, 1.807) is 0 Å². The van der Waals surface area contributed by atoms with Crippen molar-refractivity contribution in [3.05, 3.63) is 23.8 Å². The lowest BCUT2D eigenvalue weighted by Crippen LogP contribution is -2.58. The molecule has 0 aromatic heterocycles. The molecule has 0 aliphatic carbocycles. The molecule has 27 heavy (non-hydrogen) atoms. The zero-order chi connectivity index (χ0) is 19.0. The summed E-state index contributed by atoms with van der Waals surface area (Å²) < 4.78 is 34.1. The van der Waals surface area contributed by atoms with E-state index in [-0.39, 0.29) is 24.6 Å². The minimum absolute atomic E-state index is 0. The normalized spacial score (nSPS) is 18.5. The lowest BCUT2D eigenvalue weighted by Gasteiger charge is -2.35. The molecule has 0 saturated carbocycles. The summed E-state index contributed by atoms with van der Waals surface area (Å²) in [6.07, 6.45) is 1.74. The minimum atomic E-state index is -3.52. The van der Waals surface area contributed by atoms with Crippen LogP contribution in [0, 0.1) is 0 Å². The maximum Gasteiger partial charge on any atom is 0.241 e. The van der Waals surface area contributed by atoms with Crippen LogP contribution in [0.2, 0.25) is 0 Å². The van der Waals surface area contributed by atoms with Crippen LogP contribution in [0.5, 0.6) is 11.5 Å². The maximum absolute atomic E-state index is 12.9. The van der Waals surface area contributed by atoms with Crippen molar-refractivity contribution in [3.8, 4) is 11.5 Å². The smallest absolute Gasteiger partial charge is 0.241 e. The molecule has 1 aromatic carbocycles. The zero-order valence-corrected chi connectivity index (χ0v) is 17.5. The molecule has 0 atom stereocenters. The summed E-state index contributed by atoms with van der Waals surface area (Å²) in [5, 5.41) is 6.01. The van der Waals surface area contributed by atoms with Crippen molar-refractivity contribution in [1.29, 1.82) is 0 Å². The molecule has 2 heterocycles. The fraction of sp³-hybridized carbons (Fsp3) is 0.611. The van der Waals surface area contributed by atoms with E-state index in [4.69, 9.17) is 9.47 Å². The van der Waals surface area contributed by atoms with E-state index in [2.05, 4.69) is 10.6 Å². The first kappa shape index (κ1) is 21.8. The van der Waals surface area contributed by atoms with Gasteiger partial charge in [0, 0.05) is 18.2 Å². The fourth-order valence-electron chi connectivity index (χ4n) is 3.48. The SMILES string of the molecule is CC(C)(CNC(=O)C1(S(C)(=O)=O)CCNCC1)c1ccc2c(c1)OCO2.Cl. The van der Waals surface area contributed by atoms with Crippen LogP contribution < -0.4 is 20.1 Å². The molecule has 1 amide bonds. The van der Waals surface area contributed by atoms with Crippen molar-refractivity contribution in [2.75, 3.05) is 32.7 Å². The molecule has 0 bridgehead atoms. The van der Waals surface area contributed by atoms with E-state index in [1.807, 2.05) is 32.0 Å². The number of sulfone groups is 1. The highest BCUT2D eigenvalue weighted by Crippen LogP contribution is 2.36. The summed E-state index contributed by atoms with van der Waals surface area (Å²) in [4.78, 5) is 12.9. The number of hydrogen-bond acceptors (Lipinski definition) is 6. The number of carbonyl (C=O) groups excluding carboxylic acids is 1. The molecule has 0 unspecified atom stereocenters. The summed E-state index contributed by atoms with van der Waals surface area (Å²) in [6, 6.07) is 5.70.